The van der Waals surface area contributed by atoms with Gasteiger partial charge in [-0.15, -0.1) is 11.3 Å². The number of nitrogens with one attached hydrogen (secondary N) is 1. The predicted molar refractivity (Wildman–Crippen MR) is 101 cm³/mol. The number of carbonyl (C=O) groups excluding carboxylic acids is 2. The zero-order valence-corrected chi connectivity index (χ0v) is 15.8. The molecular weight excluding hydrogens is 350 g/mol. The lowest BCUT2D eigenvalue weighted by molar-refractivity contribution is -0.202. The Morgan fingerprint density at radius 1 is 1.38 bits per heavy atom. The Morgan fingerprint density at radius 3 is 2.85 bits per heavy atom. The van der Waals surface area contributed by atoms with E-state index in [4.69, 9.17) is 4.74 Å². The lowest BCUT2D eigenvalue weighted by atomic mass is 9.90. The van der Waals surface area contributed by atoms with Crippen molar-refractivity contribution >= 4 is 29.2 Å². The summed E-state index contributed by atoms with van der Waals surface area (Å²) in [6.07, 6.45) is 6.00. The third-order valence-corrected chi connectivity index (χ3v) is 6.26. The van der Waals surface area contributed by atoms with E-state index >= 15 is 0 Å². The summed E-state index contributed by atoms with van der Waals surface area (Å²) < 4.78 is 6.08. The molecule has 0 bridgehead atoms. The maximum atomic E-state index is 12.3. The van der Waals surface area contributed by atoms with Gasteiger partial charge in [0.2, 0.25) is 11.8 Å². The largest absolute Gasteiger partial charge is 0.368 e. The topological polar surface area (TPSA) is 61.9 Å². The molecule has 2 saturated heterocycles. The molecule has 1 saturated carbocycles. The molecule has 3 aliphatic rings. The van der Waals surface area contributed by atoms with E-state index in [1.54, 1.807) is 24.5 Å². The standard InChI is InChI=1S/C19H25N3O3S/c1-20-18(24)16-10-25-19(11-21(16)9-14-4-5-14)12-22(13-19)17(23)7-6-15-3-2-8-26-15/h2-3,6-8,14,16H,4-5,9-13H2,1H3,(H,20,24)/b7-6+/t16-/m0/s1. The maximum absolute atomic E-state index is 12.3. The van der Waals surface area contributed by atoms with Gasteiger partial charge in [-0.25, -0.2) is 0 Å². The second-order valence-corrected chi connectivity index (χ2v) is 8.52. The highest BCUT2D eigenvalue weighted by Crippen LogP contribution is 2.35. The molecule has 0 unspecified atom stereocenters. The van der Waals surface area contributed by atoms with Gasteiger partial charge in [-0.2, -0.15) is 0 Å². The van der Waals surface area contributed by atoms with Gasteiger partial charge in [-0.3, -0.25) is 14.5 Å². The number of morpholine rings is 1. The van der Waals surface area contributed by atoms with Crippen molar-refractivity contribution in [2.75, 3.05) is 39.8 Å². The number of amides is 2. The van der Waals surface area contributed by atoms with Crippen molar-refractivity contribution < 1.29 is 14.3 Å². The Hall–Kier alpha value is -1.70. The van der Waals surface area contributed by atoms with E-state index in [0.29, 0.717) is 25.6 Å². The van der Waals surface area contributed by atoms with Gasteiger partial charge in [-0.1, -0.05) is 6.07 Å². The van der Waals surface area contributed by atoms with Crippen molar-refractivity contribution in [3.05, 3.63) is 28.5 Å². The molecule has 2 amide bonds. The van der Waals surface area contributed by atoms with E-state index in [1.807, 2.05) is 28.5 Å². The SMILES string of the molecule is CNC(=O)[C@@H]1COC2(CN(C(=O)/C=C/c3cccs3)C2)CN1CC1CC1. The van der Waals surface area contributed by atoms with E-state index in [-0.39, 0.29) is 23.5 Å². The number of likely N-dealkylation sites (tertiary alicyclic amines) is 1. The quantitative estimate of drug-likeness (QED) is 0.786. The molecule has 3 fully saturated rings. The third-order valence-electron chi connectivity index (χ3n) is 5.42. The Bertz CT molecular complexity index is 693. The highest BCUT2D eigenvalue weighted by molar-refractivity contribution is 7.10. The van der Waals surface area contributed by atoms with Crippen LogP contribution in [0, 0.1) is 5.92 Å². The summed E-state index contributed by atoms with van der Waals surface area (Å²) in [5, 5.41) is 4.74. The van der Waals surface area contributed by atoms with E-state index in [0.717, 1.165) is 18.0 Å². The van der Waals surface area contributed by atoms with Gasteiger partial charge in [0.15, 0.2) is 0 Å². The van der Waals surface area contributed by atoms with Crippen LogP contribution >= 0.6 is 11.3 Å². The summed E-state index contributed by atoms with van der Waals surface area (Å²) in [5.41, 5.74) is -0.314. The Kier molecular flexibility index (Phi) is 4.86. The Morgan fingerprint density at radius 2 is 2.19 bits per heavy atom. The van der Waals surface area contributed by atoms with Crippen LogP contribution in [0.5, 0.6) is 0 Å². The zero-order valence-electron chi connectivity index (χ0n) is 15.0. The van der Waals surface area contributed by atoms with Gasteiger partial charge in [0.25, 0.3) is 0 Å². The summed E-state index contributed by atoms with van der Waals surface area (Å²) in [6, 6.07) is 3.75. The van der Waals surface area contributed by atoms with E-state index in [1.165, 1.54) is 12.8 Å². The van der Waals surface area contributed by atoms with Crippen LogP contribution in [0.25, 0.3) is 6.08 Å². The second kappa shape index (κ2) is 7.13. The lowest BCUT2D eigenvalue weighted by Gasteiger charge is -2.55. The minimum absolute atomic E-state index is 0.0200. The van der Waals surface area contributed by atoms with Crippen LogP contribution in [0.3, 0.4) is 0 Å². The van der Waals surface area contributed by atoms with Crippen molar-refractivity contribution in [1.82, 2.24) is 15.1 Å². The van der Waals surface area contributed by atoms with Gasteiger partial charge in [0.1, 0.15) is 11.6 Å². The number of hydrogen-bond acceptors (Lipinski definition) is 5. The second-order valence-electron chi connectivity index (χ2n) is 7.54. The molecule has 6 nitrogen and oxygen atoms in total. The van der Waals surface area contributed by atoms with Crippen molar-refractivity contribution in [3.8, 4) is 0 Å². The fourth-order valence-electron chi connectivity index (χ4n) is 3.76. The molecular formula is C19H25N3O3S. The van der Waals surface area contributed by atoms with Crippen LogP contribution in [0.2, 0.25) is 0 Å². The van der Waals surface area contributed by atoms with Gasteiger partial charge in [0.05, 0.1) is 19.7 Å². The third kappa shape index (κ3) is 3.70. The molecule has 3 heterocycles. The normalized spacial score (nSPS) is 25.4. The number of hydrogen-bond donors (Lipinski definition) is 1. The first-order valence-electron chi connectivity index (χ1n) is 9.19. The summed E-state index contributed by atoms with van der Waals surface area (Å²) >= 11 is 1.61. The molecule has 0 aromatic carbocycles. The molecule has 4 rings (SSSR count). The number of likely N-dealkylation sites (N-methyl/N-ethyl adjacent to an activating group) is 1. The molecule has 2 aliphatic heterocycles. The number of nitrogens with zero attached hydrogens (tertiary/aromatic N) is 2. The highest BCUT2D eigenvalue weighted by Gasteiger charge is 2.52. The van der Waals surface area contributed by atoms with Crippen LogP contribution in [0.15, 0.2) is 23.6 Å². The van der Waals surface area contributed by atoms with Gasteiger partial charge < -0.3 is 15.0 Å². The Balaban J connectivity index is 1.35. The fraction of sp³-hybridized carbons (Fsp3) is 0.579. The van der Waals surface area contributed by atoms with E-state index < -0.39 is 0 Å². The average Bonchev–Trinajstić information content (AvgIpc) is 3.27. The van der Waals surface area contributed by atoms with Crippen molar-refractivity contribution in [3.63, 3.8) is 0 Å². The molecule has 7 heteroatoms. The van der Waals surface area contributed by atoms with Crippen LogP contribution < -0.4 is 5.32 Å². The monoisotopic (exact) mass is 375 g/mol. The van der Waals surface area contributed by atoms with Crippen LogP contribution in [-0.2, 0) is 14.3 Å². The van der Waals surface area contributed by atoms with E-state index in [9.17, 15) is 9.59 Å². The van der Waals surface area contributed by atoms with Crippen molar-refractivity contribution in [1.29, 1.82) is 0 Å². The lowest BCUT2D eigenvalue weighted by Crippen LogP contribution is -2.73. The summed E-state index contributed by atoms with van der Waals surface area (Å²) in [4.78, 5) is 29.7. The molecule has 1 spiro atoms. The molecule has 1 aliphatic carbocycles. The number of thiophene rings is 1. The minimum atomic E-state index is -0.314. The smallest absolute Gasteiger partial charge is 0.246 e. The molecule has 26 heavy (non-hydrogen) atoms. The van der Waals surface area contributed by atoms with Gasteiger partial charge in [0, 0.05) is 31.1 Å². The average molecular weight is 375 g/mol. The van der Waals surface area contributed by atoms with Crippen LogP contribution in [0.4, 0.5) is 0 Å². The number of rotatable bonds is 5. The van der Waals surface area contributed by atoms with Crippen molar-refractivity contribution in [2.45, 2.75) is 24.5 Å². The fourth-order valence-corrected chi connectivity index (χ4v) is 4.38. The zero-order chi connectivity index (χ0) is 18.1. The van der Waals surface area contributed by atoms with Crippen molar-refractivity contribution in [2.24, 2.45) is 5.92 Å². The predicted octanol–water partition coefficient (Wildman–Crippen LogP) is 1.20. The maximum Gasteiger partial charge on any atom is 0.246 e. The first-order chi connectivity index (χ1) is 12.6. The summed E-state index contributed by atoms with van der Waals surface area (Å²) in [5.74, 6) is 0.755. The first kappa shape index (κ1) is 17.7. The van der Waals surface area contributed by atoms with Crippen LogP contribution in [0.1, 0.15) is 17.7 Å². The summed E-state index contributed by atoms with van der Waals surface area (Å²) in [7, 11) is 1.67. The molecule has 1 atom stereocenters. The molecule has 1 aromatic heterocycles. The molecule has 1 N–H and O–H groups in total. The van der Waals surface area contributed by atoms with Crippen LogP contribution in [-0.4, -0.2) is 73.1 Å². The first-order valence-corrected chi connectivity index (χ1v) is 10.1. The summed E-state index contributed by atoms with van der Waals surface area (Å²) in [6.45, 7) is 3.28. The van der Waals surface area contributed by atoms with Gasteiger partial charge >= 0.3 is 0 Å². The highest BCUT2D eigenvalue weighted by atomic mass is 32.1. The van der Waals surface area contributed by atoms with E-state index in [2.05, 4.69) is 10.2 Å². The number of carbonyl (C=O) groups is 2. The van der Waals surface area contributed by atoms with Gasteiger partial charge in [-0.05, 0) is 36.3 Å². The number of ether oxygens (including phenoxy) is 1. The Labute approximate surface area is 157 Å². The molecule has 140 valence electrons. The minimum Gasteiger partial charge on any atom is -0.368 e. The molecule has 1 aromatic rings. The molecule has 0 radical (unpaired) electrons.